The Balaban J connectivity index is 2.19. The first kappa shape index (κ1) is 15.8. The number of ether oxygens (including phenoxy) is 1. The first-order valence-electron chi connectivity index (χ1n) is 6.61. The van der Waals surface area contributed by atoms with Gasteiger partial charge in [0.05, 0.1) is 12.2 Å². The zero-order valence-corrected chi connectivity index (χ0v) is 12.4. The number of fused-ring (bicyclic) bond motifs is 1. The summed E-state index contributed by atoms with van der Waals surface area (Å²) in [5, 5.41) is 0. The molecule has 0 atom stereocenters. The molecule has 0 unspecified atom stereocenters. The van der Waals surface area contributed by atoms with E-state index in [0.717, 1.165) is 18.2 Å². The first-order chi connectivity index (χ1) is 10.7. The summed E-state index contributed by atoms with van der Waals surface area (Å²) in [6.07, 6.45) is -4.08. The van der Waals surface area contributed by atoms with Gasteiger partial charge in [-0.25, -0.2) is 0 Å². The number of benzene rings is 2. The molecule has 0 amide bonds. The van der Waals surface area contributed by atoms with Crippen LogP contribution in [-0.2, 0) is 22.7 Å². The molecule has 0 aromatic heterocycles. The highest BCUT2D eigenvalue weighted by Crippen LogP contribution is 2.38. The van der Waals surface area contributed by atoms with E-state index in [1.165, 1.54) is 12.1 Å². The van der Waals surface area contributed by atoms with E-state index in [-0.39, 0.29) is 23.5 Å². The average molecular weight is 344 g/mol. The molecule has 1 N–H and O–H groups in total. The molecule has 8 heteroatoms. The lowest BCUT2D eigenvalue weighted by Gasteiger charge is -2.11. The van der Waals surface area contributed by atoms with Crippen molar-refractivity contribution in [3.63, 3.8) is 0 Å². The normalized spacial score (nSPS) is 14.4. The lowest BCUT2D eigenvalue weighted by Crippen LogP contribution is -2.05. The molecule has 0 fully saturated rings. The second-order valence-corrected chi connectivity index (χ2v) is 6.50. The van der Waals surface area contributed by atoms with Gasteiger partial charge in [-0.1, -0.05) is 12.1 Å². The van der Waals surface area contributed by atoms with E-state index in [0.29, 0.717) is 12.0 Å². The third-order valence-electron chi connectivity index (χ3n) is 3.55. The van der Waals surface area contributed by atoms with Gasteiger partial charge in [0.2, 0.25) is 0 Å². The fourth-order valence-corrected chi connectivity index (χ4v) is 3.21. The maximum atomic E-state index is 12.8. The van der Waals surface area contributed by atoms with Crippen LogP contribution in [0.2, 0.25) is 0 Å². The van der Waals surface area contributed by atoms with Crippen molar-refractivity contribution in [2.45, 2.75) is 17.5 Å². The van der Waals surface area contributed by atoms with Crippen molar-refractivity contribution < 1.29 is 30.9 Å². The van der Waals surface area contributed by atoms with Gasteiger partial charge in [-0.05, 0) is 41.0 Å². The second kappa shape index (κ2) is 5.24. The number of alkyl halides is 3. The maximum Gasteiger partial charge on any atom is 0.416 e. The average Bonchev–Trinajstić information content (AvgIpc) is 2.92. The topological polar surface area (TPSA) is 63.6 Å². The molecule has 0 aliphatic carbocycles. The van der Waals surface area contributed by atoms with E-state index < -0.39 is 26.8 Å². The Hall–Kier alpha value is -2.06. The van der Waals surface area contributed by atoms with Gasteiger partial charge in [0.25, 0.3) is 10.1 Å². The van der Waals surface area contributed by atoms with E-state index in [1.54, 1.807) is 6.07 Å². The molecule has 0 radical (unpaired) electrons. The van der Waals surface area contributed by atoms with Crippen molar-refractivity contribution in [1.29, 1.82) is 0 Å². The molecule has 4 nitrogen and oxygen atoms in total. The zero-order valence-electron chi connectivity index (χ0n) is 11.6. The highest BCUT2D eigenvalue weighted by molar-refractivity contribution is 7.86. The van der Waals surface area contributed by atoms with Crippen molar-refractivity contribution in [2.24, 2.45) is 0 Å². The molecule has 0 saturated carbocycles. The monoisotopic (exact) mass is 344 g/mol. The Morgan fingerprint density at radius 1 is 1.09 bits per heavy atom. The number of halogens is 3. The summed E-state index contributed by atoms with van der Waals surface area (Å²) < 4.78 is 76.0. The standard InChI is InChI=1S/C15H11F3O4S/c16-15(17,18)12-3-1-2-9(7-12)11-6-10-4-5-22-14(10)13(8-11)23(19,20)21/h1-3,6-8H,4-5H2,(H,19,20,21). The van der Waals surface area contributed by atoms with Crippen LogP contribution in [0.5, 0.6) is 5.75 Å². The summed E-state index contributed by atoms with van der Waals surface area (Å²) >= 11 is 0. The van der Waals surface area contributed by atoms with Crippen LogP contribution in [0.15, 0.2) is 41.3 Å². The Kier molecular flexibility index (Phi) is 3.61. The van der Waals surface area contributed by atoms with Gasteiger partial charge in [0.15, 0.2) is 0 Å². The molecule has 0 bridgehead atoms. The predicted octanol–water partition coefficient (Wildman–Crippen LogP) is 3.55. The minimum atomic E-state index is -4.54. The van der Waals surface area contributed by atoms with Crippen LogP contribution in [0.1, 0.15) is 11.1 Å². The van der Waals surface area contributed by atoms with Crippen molar-refractivity contribution in [3.05, 3.63) is 47.5 Å². The summed E-state index contributed by atoms with van der Waals surface area (Å²) in [4.78, 5) is -0.431. The van der Waals surface area contributed by atoms with E-state index in [9.17, 15) is 26.1 Å². The van der Waals surface area contributed by atoms with Crippen LogP contribution in [0.25, 0.3) is 11.1 Å². The van der Waals surface area contributed by atoms with Gasteiger partial charge in [-0.2, -0.15) is 21.6 Å². The first-order valence-corrected chi connectivity index (χ1v) is 8.05. The molecule has 3 rings (SSSR count). The van der Waals surface area contributed by atoms with Crippen LogP contribution in [-0.4, -0.2) is 19.6 Å². The van der Waals surface area contributed by atoms with Crippen LogP contribution < -0.4 is 4.74 Å². The highest BCUT2D eigenvalue weighted by Gasteiger charge is 2.31. The largest absolute Gasteiger partial charge is 0.491 e. The van der Waals surface area contributed by atoms with Gasteiger partial charge in [-0.15, -0.1) is 0 Å². The highest BCUT2D eigenvalue weighted by atomic mass is 32.2. The third-order valence-corrected chi connectivity index (χ3v) is 4.41. The van der Waals surface area contributed by atoms with Gasteiger partial charge in [0.1, 0.15) is 10.6 Å². The summed E-state index contributed by atoms with van der Waals surface area (Å²) in [6.45, 7) is 0.254. The van der Waals surface area contributed by atoms with Crippen molar-refractivity contribution >= 4 is 10.1 Å². The molecule has 2 aromatic rings. The van der Waals surface area contributed by atoms with Crippen LogP contribution >= 0.6 is 0 Å². The number of rotatable bonds is 2. The van der Waals surface area contributed by atoms with E-state index in [2.05, 4.69) is 0 Å². The van der Waals surface area contributed by atoms with Crippen LogP contribution in [0.4, 0.5) is 13.2 Å². The molecule has 23 heavy (non-hydrogen) atoms. The van der Waals surface area contributed by atoms with Crippen molar-refractivity contribution in [3.8, 4) is 16.9 Å². The molecular formula is C15H11F3O4S. The molecule has 122 valence electrons. The molecule has 1 aliphatic heterocycles. The summed E-state index contributed by atoms with van der Waals surface area (Å²) in [7, 11) is -4.54. The fourth-order valence-electron chi connectivity index (χ4n) is 2.51. The molecule has 0 spiro atoms. The summed E-state index contributed by atoms with van der Waals surface area (Å²) in [6, 6.07) is 7.26. The minimum absolute atomic E-state index is 0.0585. The number of hydrogen-bond donors (Lipinski definition) is 1. The van der Waals surface area contributed by atoms with E-state index >= 15 is 0 Å². The smallest absolute Gasteiger partial charge is 0.416 e. The molecule has 0 saturated heterocycles. The SMILES string of the molecule is O=S(=O)(O)c1cc(-c2cccc(C(F)(F)F)c2)cc2c1OCC2. The Morgan fingerprint density at radius 2 is 1.83 bits per heavy atom. The van der Waals surface area contributed by atoms with Crippen LogP contribution in [0.3, 0.4) is 0 Å². The van der Waals surface area contributed by atoms with E-state index in [4.69, 9.17) is 4.74 Å². The Bertz CT molecular complexity index is 873. The molecule has 1 aliphatic rings. The predicted molar refractivity (Wildman–Crippen MR) is 75.9 cm³/mol. The third kappa shape index (κ3) is 3.04. The van der Waals surface area contributed by atoms with Crippen LogP contribution in [0, 0.1) is 0 Å². The summed E-state index contributed by atoms with van der Waals surface area (Å²) in [5.74, 6) is 0.0585. The van der Waals surface area contributed by atoms with Gasteiger partial charge in [0, 0.05) is 6.42 Å². The van der Waals surface area contributed by atoms with Crippen molar-refractivity contribution in [2.75, 3.05) is 6.61 Å². The van der Waals surface area contributed by atoms with Gasteiger partial charge in [-0.3, -0.25) is 4.55 Å². The lowest BCUT2D eigenvalue weighted by atomic mass is 10.00. The molecular weight excluding hydrogens is 333 g/mol. The van der Waals surface area contributed by atoms with Crippen molar-refractivity contribution in [1.82, 2.24) is 0 Å². The Labute approximate surface area is 130 Å². The lowest BCUT2D eigenvalue weighted by molar-refractivity contribution is -0.137. The fraction of sp³-hybridized carbons (Fsp3) is 0.200. The maximum absolute atomic E-state index is 12.8. The zero-order chi connectivity index (χ0) is 16.8. The summed E-state index contributed by atoms with van der Waals surface area (Å²) in [5.41, 5.74) is 0.181. The minimum Gasteiger partial charge on any atom is -0.491 e. The van der Waals surface area contributed by atoms with E-state index in [1.807, 2.05) is 0 Å². The quantitative estimate of drug-likeness (QED) is 0.846. The molecule has 2 aromatic carbocycles. The second-order valence-electron chi connectivity index (χ2n) is 5.11. The number of hydrogen-bond acceptors (Lipinski definition) is 3. The van der Waals surface area contributed by atoms with Gasteiger partial charge >= 0.3 is 6.18 Å². The molecule has 1 heterocycles. The van der Waals surface area contributed by atoms with Gasteiger partial charge < -0.3 is 4.74 Å². The Morgan fingerprint density at radius 3 is 2.48 bits per heavy atom.